The van der Waals surface area contributed by atoms with Crippen LogP contribution in [0.25, 0.3) is 0 Å². The molecule has 0 aromatic carbocycles. The minimum Gasteiger partial charge on any atom is -0.391 e. The number of aliphatic hydroxyl groups excluding tert-OH is 1. The highest BCUT2D eigenvalue weighted by Crippen LogP contribution is 2.36. The quantitative estimate of drug-likeness (QED) is 0.870. The van der Waals surface area contributed by atoms with E-state index in [1.54, 1.807) is 0 Å². The number of hydrogen-bond acceptors (Lipinski definition) is 3. The molecule has 3 heteroatoms. The van der Waals surface area contributed by atoms with Gasteiger partial charge in [-0.15, -0.1) is 11.3 Å². The van der Waals surface area contributed by atoms with Gasteiger partial charge in [0.2, 0.25) is 0 Å². The predicted molar refractivity (Wildman–Crippen MR) is 66.5 cm³/mol. The monoisotopic (exact) mass is 237 g/mol. The second kappa shape index (κ2) is 4.47. The van der Waals surface area contributed by atoms with Crippen LogP contribution < -0.4 is 0 Å². The molecular formula is C13H19NOS. The second-order valence-electron chi connectivity index (χ2n) is 5.05. The first-order chi connectivity index (χ1) is 7.84. The lowest BCUT2D eigenvalue weighted by Crippen LogP contribution is -2.41. The third kappa shape index (κ3) is 2.17. The van der Waals surface area contributed by atoms with Crippen LogP contribution in [0.1, 0.15) is 37.0 Å². The maximum atomic E-state index is 10.0. The predicted octanol–water partition coefficient (Wildman–Crippen LogP) is 2.63. The smallest absolute Gasteiger partial charge is 0.0695 e. The molecule has 2 aliphatic carbocycles. The Labute approximate surface area is 101 Å². The Hall–Kier alpha value is -0.380. The standard InChI is InChI=1S/C13H19NOS/c15-13-5-1-4-12(13)14(10-6-7-10)9-11-3-2-8-16-11/h2-3,8,10,12-13,15H,1,4-7,9H2/t12-,13-/m1/s1. The summed E-state index contributed by atoms with van der Waals surface area (Å²) in [5.74, 6) is 0. The van der Waals surface area contributed by atoms with Gasteiger partial charge in [-0.1, -0.05) is 6.07 Å². The van der Waals surface area contributed by atoms with Crippen LogP contribution in [-0.2, 0) is 6.54 Å². The molecule has 0 unspecified atom stereocenters. The van der Waals surface area contributed by atoms with Crippen LogP contribution in [0.4, 0.5) is 0 Å². The van der Waals surface area contributed by atoms with Crippen molar-refractivity contribution < 1.29 is 5.11 Å². The van der Waals surface area contributed by atoms with Crippen molar-refractivity contribution in [3.05, 3.63) is 22.4 Å². The third-order valence-corrected chi connectivity index (χ3v) is 4.67. The summed E-state index contributed by atoms with van der Waals surface area (Å²) in [5, 5.41) is 12.2. The summed E-state index contributed by atoms with van der Waals surface area (Å²) in [6, 6.07) is 5.51. The van der Waals surface area contributed by atoms with E-state index >= 15 is 0 Å². The molecule has 0 amide bonds. The molecule has 1 N–H and O–H groups in total. The van der Waals surface area contributed by atoms with E-state index in [1.807, 2.05) is 11.3 Å². The van der Waals surface area contributed by atoms with Crippen molar-refractivity contribution in [2.45, 2.75) is 56.8 Å². The van der Waals surface area contributed by atoms with Gasteiger partial charge in [0.15, 0.2) is 0 Å². The lowest BCUT2D eigenvalue weighted by atomic mass is 10.1. The Morgan fingerprint density at radius 3 is 2.75 bits per heavy atom. The summed E-state index contributed by atoms with van der Waals surface area (Å²) in [6.07, 6.45) is 5.95. The fourth-order valence-electron chi connectivity index (χ4n) is 2.81. The lowest BCUT2D eigenvalue weighted by Gasteiger charge is -2.30. The van der Waals surface area contributed by atoms with Gasteiger partial charge >= 0.3 is 0 Å². The van der Waals surface area contributed by atoms with Crippen molar-refractivity contribution in [3.63, 3.8) is 0 Å². The fourth-order valence-corrected chi connectivity index (χ4v) is 3.53. The van der Waals surface area contributed by atoms with Gasteiger partial charge in [-0.25, -0.2) is 0 Å². The zero-order chi connectivity index (χ0) is 11.0. The average molecular weight is 237 g/mol. The van der Waals surface area contributed by atoms with Gasteiger partial charge in [0.1, 0.15) is 0 Å². The van der Waals surface area contributed by atoms with E-state index in [-0.39, 0.29) is 6.10 Å². The molecule has 16 heavy (non-hydrogen) atoms. The molecule has 0 aliphatic heterocycles. The van der Waals surface area contributed by atoms with Crippen LogP contribution >= 0.6 is 11.3 Å². The first kappa shape index (κ1) is 10.8. The average Bonchev–Trinajstić information content (AvgIpc) is 2.82. The molecule has 2 atom stereocenters. The molecule has 2 nitrogen and oxygen atoms in total. The number of nitrogens with zero attached hydrogens (tertiary/aromatic N) is 1. The van der Waals surface area contributed by atoms with Gasteiger partial charge in [0.05, 0.1) is 6.10 Å². The molecule has 0 bridgehead atoms. The van der Waals surface area contributed by atoms with Crippen molar-refractivity contribution in [1.29, 1.82) is 0 Å². The summed E-state index contributed by atoms with van der Waals surface area (Å²) in [6.45, 7) is 1.05. The second-order valence-corrected chi connectivity index (χ2v) is 6.08. The lowest BCUT2D eigenvalue weighted by molar-refractivity contribution is 0.0612. The van der Waals surface area contributed by atoms with E-state index in [0.717, 1.165) is 19.0 Å². The Bertz CT molecular complexity index is 334. The molecule has 2 aliphatic rings. The van der Waals surface area contributed by atoms with Gasteiger partial charge in [0, 0.05) is 23.5 Å². The Kier molecular flexibility index (Phi) is 3.01. The first-order valence-electron chi connectivity index (χ1n) is 6.31. The van der Waals surface area contributed by atoms with Gasteiger partial charge in [-0.2, -0.15) is 0 Å². The summed E-state index contributed by atoms with van der Waals surface area (Å²) in [5.41, 5.74) is 0. The normalized spacial score (nSPS) is 30.1. The highest BCUT2D eigenvalue weighted by Gasteiger charge is 2.39. The highest BCUT2D eigenvalue weighted by molar-refractivity contribution is 7.09. The molecule has 1 aromatic rings. The molecule has 2 saturated carbocycles. The zero-order valence-corrected chi connectivity index (χ0v) is 10.3. The van der Waals surface area contributed by atoms with E-state index in [4.69, 9.17) is 0 Å². The summed E-state index contributed by atoms with van der Waals surface area (Å²) in [7, 11) is 0. The largest absolute Gasteiger partial charge is 0.391 e. The van der Waals surface area contributed by atoms with E-state index in [1.165, 1.54) is 30.6 Å². The van der Waals surface area contributed by atoms with Crippen molar-refractivity contribution in [2.24, 2.45) is 0 Å². The Balaban J connectivity index is 1.71. The molecule has 88 valence electrons. The van der Waals surface area contributed by atoms with Gasteiger partial charge in [-0.3, -0.25) is 4.90 Å². The molecule has 1 heterocycles. The molecule has 0 radical (unpaired) electrons. The van der Waals surface area contributed by atoms with Gasteiger partial charge in [0.25, 0.3) is 0 Å². The summed E-state index contributed by atoms with van der Waals surface area (Å²) in [4.78, 5) is 4.00. The molecule has 3 rings (SSSR count). The SMILES string of the molecule is O[C@@H]1CCC[C@H]1N(Cc1cccs1)C1CC1. The van der Waals surface area contributed by atoms with Gasteiger partial charge in [-0.05, 0) is 43.6 Å². The van der Waals surface area contributed by atoms with Crippen molar-refractivity contribution in [1.82, 2.24) is 4.90 Å². The Morgan fingerprint density at radius 2 is 2.19 bits per heavy atom. The van der Waals surface area contributed by atoms with Crippen LogP contribution in [0.3, 0.4) is 0 Å². The van der Waals surface area contributed by atoms with Crippen LogP contribution in [0, 0.1) is 0 Å². The highest BCUT2D eigenvalue weighted by atomic mass is 32.1. The van der Waals surface area contributed by atoms with E-state index in [2.05, 4.69) is 22.4 Å². The van der Waals surface area contributed by atoms with Crippen molar-refractivity contribution >= 4 is 11.3 Å². The molecular weight excluding hydrogens is 218 g/mol. The zero-order valence-electron chi connectivity index (χ0n) is 9.51. The number of thiophene rings is 1. The minimum absolute atomic E-state index is 0.0828. The topological polar surface area (TPSA) is 23.5 Å². The number of aliphatic hydroxyl groups is 1. The van der Waals surface area contributed by atoms with Crippen molar-refractivity contribution in [3.8, 4) is 0 Å². The Morgan fingerprint density at radius 1 is 1.31 bits per heavy atom. The number of hydrogen-bond donors (Lipinski definition) is 1. The molecule has 0 saturated heterocycles. The van der Waals surface area contributed by atoms with Crippen LogP contribution in [0.5, 0.6) is 0 Å². The van der Waals surface area contributed by atoms with Gasteiger partial charge < -0.3 is 5.11 Å². The molecule has 0 spiro atoms. The van der Waals surface area contributed by atoms with Crippen LogP contribution in [0.2, 0.25) is 0 Å². The third-order valence-electron chi connectivity index (χ3n) is 3.80. The van der Waals surface area contributed by atoms with E-state index in [0.29, 0.717) is 6.04 Å². The summed E-state index contributed by atoms with van der Waals surface area (Å²) >= 11 is 1.83. The fraction of sp³-hybridized carbons (Fsp3) is 0.692. The molecule has 2 fully saturated rings. The maximum Gasteiger partial charge on any atom is 0.0695 e. The van der Waals surface area contributed by atoms with E-state index < -0.39 is 0 Å². The minimum atomic E-state index is -0.0828. The first-order valence-corrected chi connectivity index (χ1v) is 7.19. The van der Waals surface area contributed by atoms with Crippen LogP contribution in [-0.4, -0.2) is 28.2 Å². The van der Waals surface area contributed by atoms with E-state index in [9.17, 15) is 5.11 Å². The number of rotatable bonds is 4. The van der Waals surface area contributed by atoms with Crippen molar-refractivity contribution in [2.75, 3.05) is 0 Å². The van der Waals surface area contributed by atoms with Crippen LogP contribution in [0.15, 0.2) is 17.5 Å². The molecule has 1 aromatic heterocycles. The maximum absolute atomic E-state index is 10.0. The summed E-state index contributed by atoms with van der Waals surface area (Å²) < 4.78 is 0.